The first-order chi connectivity index (χ1) is 9.61. The van der Waals surface area contributed by atoms with Crippen LogP contribution in [-0.4, -0.2) is 11.5 Å². The molecule has 0 bridgehead atoms. The Morgan fingerprint density at radius 3 is 2.50 bits per heavy atom. The van der Waals surface area contributed by atoms with E-state index >= 15 is 0 Å². The van der Waals surface area contributed by atoms with Crippen molar-refractivity contribution in [3.05, 3.63) is 49.7 Å². The van der Waals surface area contributed by atoms with Crippen LogP contribution in [0.5, 0.6) is 0 Å². The van der Waals surface area contributed by atoms with Gasteiger partial charge in [0.05, 0.1) is 9.26 Å². The topological polar surface area (TPSA) is 67.2 Å². The van der Waals surface area contributed by atoms with Crippen molar-refractivity contribution in [1.82, 2.24) is 0 Å². The number of nitro benzene ring substituents is 1. The van der Waals surface area contributed by atoms with Crippen molar-refractivity contribution in [3.8, 4) is 0 Å². The minimum atomic E-state index is -0.373. The molecular formula is C13H14ClN3O2S. The summed E-state index contributed by atoms with van der Waals surface area (Å²) in [7, 11) is 0. The maximum absolute atomic E-state index is 11.2. The largest absolute Gasteiger partial charge is 0.380 e. The number of hydrogen-bond acceptors (Lipinski definition) is 5. The zero-order valence-corrected chi connectivity index (χ0v) is 12.4. The fourth-order valence-corrected chi connectivity index (χ4v) is 2.87. The van der Waals surface area contributed by atoms with Crippen molar-refractivity contribution in [3.63, 3.8) is 0 Å². The Bertz CT molecular complexity index is 615. The molecular weight excluding hydrogens is 298 g/mol. The first-order valence-electron chi connectivity index (χ1n) is 6.11. The molecule has 0 amide bonds. The Kier molecular flexibility index (Phi) is 4.81. The maximum Gasteiger partial charge on any atom is 0.315 e. The van der Waals surface area contributed by atoms with Crippen molar-refractivity contribution in [2.75, 3.05) is 17.2 Å². The monoisotopic (exact) mass is 311 g/mol. The summed E-state index contributed by atoms with van der Waals surface area (Å²) in [4.78, 5) is 11.9. The van der Waals surface area contributed by atoms with Crippen LogP contribution in [0.3, 0.4) is 0 Å². The average molecular weight is 312 g/mol. The van der Waals surface area contributed by atoms with Gasteiger partial charge in [0.1, 0.15) is 11.4 Å². The number of anilines is 2. The molecule has 7 heteroatoms. The van der Waals surface area contributed by atoms with Gasteiger partial charge < -0.3 is 10.6 Å². The SMILES string of the molecule is CCNc1cccc(NCc2ccc(Cl)s2)c1[N+](=O)[O-]. The molecule has 106 valence electrons. The Morgan fingerprint density at radius 1 is 1.25 bits per heavy atom. The summed E-state index contributed by atoms with van der Waals surface area (Å²) < 4.78 is 0.706. The number of nitro groups is 1. The van der Waals surface area contributed by atoms with Gasteiger partial charge in [0.15, 0.2) is 0 Å². The highest BCUT2D eigenvalue weighted by Crippen LogP contribution is 2.33. The van der Waals surface area contributed by atoms with Crippen LogP contribution in [0.15, 0.2) is 30.3 Å². The molecule has 2 N–H and O–H groups in total. The number of nitrogens with zero attached hydrogens (tertiary/aromatic N) is 1. The Hall–Kier alpha value is -1.79. The molecule has 1 aromatic heterocycles. The Labute approximate surface area is 125 Å². The second-order valence-corrected chi connectivity index (χ2v) is 5.85. The minimum Gasteiger partial charge on any atom is -0.380 e. The zero-order valence-electron chi connectivity index (χ0n) is 10.9. The lowest BCUT2D eigenvalue weighted by atomic mass is 10.2. The lowest BCUT2D eigenvalue weighted by molar-refractivity contribution is -0.383. The predicted octanol–water partition coefficient (Wildman–Crippen LogP) is 4.35. The first kappa shape index (κ1) is 14.6. The van der Waals surface area contributed by atoms with E-state index in [4.69, 9.17) is 11.6 Å². The van der Waals surface area contributed by atoms with Crippen LogP contribution in [0.4, 0.5) is 17.1 Å². The van der Waals surface area contributed by atoms with Crippen molar-refractivity contribution >= 4 is 40.0 Å². The second-order valence-electron chi connectivity index (χ2n) is 4.05. The van der Waals surface area contributed by atoms with E-state index in [1.165, 1.54) is 11.3 Å². The van der Waals surface area contributed by atoms with E-state index in [0.29, 0.717) is 28.8 Å². The highest BCUT2D eigenvalue weighted by atomic mass is 35.5. The normalized spacial score (nSPS) is 10.3. The van der Waals surface area contributed by atoms with Crippen LogP contribution in [0, 0.1) is 10.1 Å². The third kappa shape index (κ3) is 3.40. The molecule has 2 aromatic rings. The fourth-order valence-electron chi connectivity index (χ4n) is 1.85. The van der Waals surface area contributed by atoms with Crippen LogP contribution in [-0.2, 0) is 6.54 Å². The van der Waals surface area contributed by atoms with E-state index in [-0.39, 0.29) is 10.6 Å². The van der Waals surface area contributed by atoms with E-state index < -0.39 is 0 Å². The van der Waals surface area contributed by atoms with Crippen LogP contribution in [0.1, 0.15) is 11.8 Å². The molecule has 0 aliphatic heterocycles. The van der Waals surface area contributed by atoms with Crippen molar-refractivity contribution in [2.45, 2.75) is 13.5 Å². The molecule has 0 atom stereocenters. The smallest absolute Gasteiger partial charge is 0.315 e. The van der Waals surface area contributed by atoms with Gasteiger partial charge in [0.25, 0.3) is 0 Å². The molecule has 0 radical (unpaired) electrons. The van der Waals surface area contributed by atoms with Gasteiger partial charge in [0.2, 0.25) is 0 Å². The molecule has 5 nitrogen and oxygen atoms in total. The van der Waals surface area contributed by atoms with E-state index in [9.17, 15) is 10.1 Å². The van der Waals surface area contributed by atoms with Gasteiger partial charge in [-0.3, -0.25) is 10.1 Å². The minimum absolute atomic E-state index is 0.0667. The highest BCUT2D eigenvalue weighted by Gasteiger charge is 2.19. The predicted molar refractivity (Wildman–Crippen MR) is 83.9 cm³/mol. The van der Waals surface area contributed by atoms with Crippen LogP contribution < -0.4 is 10.6 Å². The lowest BCUT2D eigenvalue weighted by Gasteiger charge is -2.10. The number of benzene rings is 1. The summed E-state index contributed by atoms with van der Waals surface area (Å²) in [6.45, 7) is 3.04. The van der Waals surface area contributed by atoms with Crippen LogP contribution in [0.25, 0.3) is 0 Å². The number of rotatable bonds is 6. The third-order valence-corrected chi connectivity index (χ3v) is 3.90. The number of halogens is 1. The summed E-state index contributed by atoms with van der Waals surface area (Å²) in [6, 6.07) is 8.91. The number of para-hydroxylation sites is 1. The first-order valence-corrected chi connectivity index (χ1v) is 7.30. The van der Waals surface area contributed by atoms with E-state index in [1.807, 2.05) is 19.1 Å². The van der Waals surface area contributed by atoms with E-state index in [0.717, 1.165) is 4.88 Å². The average Bonchev–Trinajstić information content (AvgIpc) is 2.82. The van der Waals surface area contributed by atoms with Gasteiger partial charge in [-0.05, 0) is 31.2 Å². The van der Waals surface area contributed by atoms with Gasteiger partial charge in [-0.15, -0.1) is 11.3 Å². The van der Waals surface area contributed by atoms with Gasteiger partial charge in [-0.1, -0.05) is 17.7 Å². The third-order valence-electron chi connectivity index (χ3n) is 2.67. The Morgan fingerprint density at radius 2 is 1.95 bits per heavy atom. The number of hydrogen-bond donors (Lipinski definition) is 2. The van der Waals surface area contributed by atoms with Gasteiger partial charge in [-0.25, -0.2) is 0 Å². The summed E-state index contributed by atoms with van der Waals surface area (Å²) >= 11 is 7.32. The van der Waals surface area contributed by atoms with E-state index in [2.05, 4.69) is 10.6 Å². The molecule has 2 rings (SSSR count). The van der Waals surface area contributed by atoms with Crippen molar-refractivity contribution < 1.29 is 4.92 Å². The van der Waals surface area contributed by atoms with Gasteiger partial charge in [0, 0.05) is 18.0 Å². The summed E-state index contributed by atoms with van der Waals surface area (Å²) in [5, 5.41) is 17.3. The Balaban J connectivity index is 2.22. The van der Waals surface area contributed by atoms with Gasteiger partial charge in [-0.2, -0.15) is 0 Å². The maximum atomic E-state index is 11.2. The van der Waals surface area contributed by atoms with Crippen molar-refractivity contribution in [1.29, 1.82) is 0 Å². The molecule has 1 aromatic carbocycles. The quantitative estimate of drug-likeness (QED) is 0.614. The molecule has 0 fully saturated rings. The summed E-state index contributed by atoms with van der Waals surface area (Å²) in [5.41, 5.74) is 1.08. The van der Waals surface area contributed by atoms with Crippen LogP contribution >= 0.6 is 22.9 Å². The highest BCUT2D eigenvalue weighted by molar-refractivity contribution is 7.16. The van der Waals surface area contributed by atoms with Gasteiger partial charge >= 0.3 is 5.69 Å². The summed E-state index contributed by atoms with van der Waals surface area (Å²) in [6.07, 6.45) is 0. The standard InChI is InChI=1S/C13H14ClN3O2S/c1-2-15-10-4-3-5-11(13(10)17(18)19)16-8-9-6-7-12(14)20-9/h3-7,15-16H,2,8H2,1H3. The molecule has 0 saturated heterocycles. The number of thiophene rings is 1. The molecule has 0 spiro atoms. The molecule has 0 saturated carbocycles. The molecule has 20 heavy (non-hydrogen) atoms. The second kappa shape index (κ2) is 6.58. The van der Waals surface area contributed by atoms with E-state index in [1.54, 1.807) is 18.2 Å². The zero-order chi connectivity index (χ0) is 14.5. The van der Waals surface area contributed by atoms with Crippen molar-refractivity contribution in [2.24, 2.45) is 0 Å². The number of nitrogens with one attached hydrogen (secondary N) is 2. The summed E-state index contributed by atoms with van der Waals surface area (Å²) in [5.74, 6) is 0. The fraction of sp³-hybridized carbons (Fsp3) is 0.231. The lowest BCUT2D eigenvalue weighted by Crippen LogP contribution is -2.06. The van der Waals surface area contributed by atoms with Crippen LogP contribution in [0.2, 0.25) is 4.34 Å². The molecule has 0 unspecified atom stereocenters. The molecule has 0 aliphatic carbocycles. The molecule has 1 heterocycles. The molecule has 0 aliphatic rings.